The number of rotatable bonds is 3. The molecule has 1 aromatic rings. The first-order chi connectivity index (χ1) is 6.65. The van der Waals surface area contributed by atoms with E-state index in [1.165, 1.54) is 5.56 Å². The maximum Gasteiger partial charge on any atom is 0.136 e. The van der Waals surface area contributed by atoms with Crippen LogP contribution in [-0.2, 0) is 5.67 Å². The lowest BCUT2D eigenvalue weighted by molar-refractivity contribution is 0.317. The summed E-state index contributed by atoms with van der Waals surface area (Å²) in [5, 5.41) is 3.16. The van der Waals surface area contributed by atoms with Gasteiger partial charge in [-0.15, -0.1) is 0 Å². The summed E-state index contributed by atoms with van der Waals surface area (Å²) >= 11 is 0. The Hall–Kier alpha value is -0.890. The first-order valence-corrected chi connectivity index (χ1v) is 5.12. The van der Waals surface area contributed by atoms with Gasteiger partial charge in [0.05, 0.1) is 0 Å². The molecule has 1 fully saturated rings. The van der Waals surface area contributed by atoms with Crippen LogP contribution in [0.5, 0.6) is 0 Å². The van der Waals surface area contributed by atoms with Crippen molar-refractivity contribution in [3.05, 3.63) is 35.4 Å². The van der Waals surface area contributed by atoms with Gasteiger partial charge >= 0.3 is 0 Å². The molecule has 1 N–H and O–H groups in total. The third-order valence-electron chi connectivity index (χ3n) is 3.05. The van der Waals surface area contributed by atoms with Gasteiger partial charge in [0, 0.05) is 6.04 Å². The molecule has 2 rings (SSSR count). The van der Waals surface area contributed by atoms with Crippen molar-refractivity contribution >= 4 is 0 Å². The van der Waals surface area contributed by atoms with Gasteiger partial charge in [0.15, 0.2) is 0 Å². The van der Waals surface area contributed by atoms with Crippen molar-refractivity contribution in [3.8, 4) is 0 Å². The lowest BCUT2D eigenvalue weighted by Gasteiger charge is -2.12. The molecule has 1 unspecified atom stereocenters. The number of hydrogen-bond acceptors (Lipinski definition) is 1. The fourth-order valence-electron chi connectivity index (χ4n) is 1.64. The summed E-state index contributed by atoms with van der Waals surface area (Å²) in [6.45, 7) is 2.09. The molecule has 76 valence electrons. The van der Waals surface area contributed by atoms with Crippen LogP contribution < -0.4 is 5.32 Å². The van der Waals surface area contributed by atoms with Crippen LogP contribution in [-0.4, -0.2) is 7.05 Å². The van der Waals surface area contributed by atoms with Crippen molar-refractivity contribution in [2.45, 2.75) is 31.5 Å². The molecule has 1 atom stereocenters. The molecule has 0 aromatic heterocycles. The van der Waals surface area contributed by atoms with E-state index in [0.717, 1.165) is 5.56 Å². The zero-order valence-electron chi connectivity index (χ0n) is 8.68. The highest BCUT2D eigenvalue weighted by atomic mass is 19.1. The average molecular weight is 193 g/mol. The zero-order chi connectivity index (χ0) is 10.2. The number of halogens is 1. The van der Waals surface area contributed by atoms with E-state index in [0.29, 0.717) is 18.9 Å². The molecule has 0 radical (unpaired) electrons. The zero-order valence-corrected chi connectivity index (χ0v) is 8.68. The molecule has 14 heavy (non-hydrogen) atoms. The maximum atomic E-state index is 13.6. The molecule has 0 amide bonds. The molecule has 0 aliphatic heterocycles. The van der Waals surface area contributed by atoms with Crippen LogP contribution in [0.1, 0.15) is 36.9 Å². The van der Waals surface area contributed by atoms with Crippen LogP contribution in [0.2, 0.25) is 0 Å². The van der Waals surface area contributed by atoms with Gasteiger partial charge in [-0.3, -0.25) is 0 Å². The third-order valence-corrected chi connectivity index (χ3v) is 3.05. The number of benzene rings is 1. The minimum Gasteiger partial charge on any atom is -0.313 e. The second-order valence-corrected chi connectivity index (χ2v) is 4.10. The van der Waals surface area contributed by atoms with Gasteiger partial charge in [-0.25, -0.2) is 4.39 Å². The summed E-state index contributed by atoms with van der Waals surface area (Å²) in [6.07, 6.45) is 1.38. The smallest absolute Gasteiger partial charge is 0.136 e. The molecule has 1 aliphatic rings. The van der Waals surface area contributed by atoms with Crippen molar-refractivity contribution in [1.82, 2.24) is 5.32 Å². The van der Waals surface area contributed by atoms with Crippen LogP contribution >= 0.6 is 0 Å². The SMILES string of the molecule is CNC(C)c1ccc(C2(F)CC2)cc1. The highest BCUT2D eigenvalue weighted by Gasteiger charge is 2.44. The quantitative estimate of drug-likeness (QED) is 0.778. The van der Waals surface area contributed by atoms with Crippen LogP contribution in [0.15, 0.2) is 24.3 Å². The molecule has 1 aromatic carbocycles. The largest absolute Gasteiger partial charge is 0.313 e. The van der Waals surface area contributed by atoms with Gasteiger partial charge in [-0.2, -0.15) is 0 Å². The highest BCUT2D eigenvalue weighted by molar-refractivity contribution is 5.31. The van der Waals surface area contributed by atoms with Gasteiger partial charge < -0.3 is 5.32 Å². The minimum absolute atomic E-state index is 0.332. The predicted octanol–water partition coefficient (Wildman–Crippen LogP) is 2.93. The first-order valence-electron chi connectivity index (χ1n) is 5.12. The summed E-state index contributed by atoms with van der Waals surface area (Å²) in [5.41, 5.74) is 1.05. The van der Waals surface area contributed by atoms with Gasteiger partial charge in [0.25, 0.3) is 0 Å². The van der Waals surface area contributed by atoms with Crippen molar-refractivity contribution in [3.63, 3.8) is 0 Å². The Morgan fingerprint density at radius 2 is 1.86 bits per heavy atom. The van der Waals surface area contributed by atoms with E-state index in [9.17, 15) is 4.39 Å². The van der Waals surface area contributed by atoms with Gasteiger partial charge in [0.1, 0.15) is 5.67 Å². The number of nitrogens with one attached hydrogen (secondary N) is 1. The Kier molecular flexibility index (Phi) is 2.31. The van der Waals surface area contributed by atoms with Crippen molar-refractivity contribution in [2.75, 3.05) is 7.05 Å². The molecular weight excluding hydrogens is 177 g/mol. The average Bonchev–Trinajstić information content (AvgIpc) is 2.97. The van der Waals surface area contributed by atoms with E-state index < -0.39 is 5.67 Å². The van der Waals surface area contributed by atoms with Crippen molar-refractivity contribution < 1.29 is 4.39 Å². The van der Waals surface area contributed by atoms with E-state index in [1.54, 1.807) is 0 Å². The molecule has 1 saturated carbocycles. The second-order valence-electron chi connectivity index (χ2n) is 4.10. The molecule has 1 nitrogen and oxygen atoms in total. The monoisotopic (exact) mass is 193 g/mol. The number of alkyl halides is 1. The summed E-state index contributed by atoms with van der Waals surface area (Å²) in [6, 6.07) is 8.18. The minimum atomic E-state index is -0.999. The Labute approximate surface area is 84.3 Å². The molecule has 0 saturated heterocycles. The van der Waals surface area contributed by atoms with Crippen molar-refractivity contribution in [2.24, 2.45) is 0 Å². The van der Waals surface area contributed by atoms with E-state index >= 15 is 0 Å². The molecule has 0 spiro atoms. The molecule has 2 heteroatoms. The maximum absolute atomic E-state index is 13.6. The second kappa shape index (κ2) is 3.35. The summed E-state index contributed by atoms with van der Waals surface area (Å²) < 4.78 is 13.6. The fraction of sp³-hybridized carbons (Fsp3) is 0.500. The molecule has 1 aliphatic carbocycles. The Morgan fingerprint density at radius 3 is 2.29 bits per heavy atom. The fourth-order valence-corrected chi connectivity index (χ4v) is 1.64. The Balaban J connectivity index is 2.18. The lowest BCUT2D eigenvalue weighted by atomic mass is 10.0. The molecule has 0 heterocycles. The van der Waals surface area contributed by atoms with E-state index in [2.05, 4.69) is 12.2 Å². The normalized spacial score (nSPS) is 20.5. The van der Waals surface area contributed by atoms with Crippen LogP contribution in [0, 0.1) is 0 Å². The molecular formula is C12H16FN. The lowest BCUT2D eigenvalue weighted by Crippen LogP contribution is -2.12. The Morgan fingerprint density at radius 1 is 1.29 bits per heavy atom. The summed E-state index contributed by atoms with van der Waals surface area (Å²) in [7, 11) is 1.93. The summed E-state index contributed by atoms with van der Waals surface area (Å²) in [5.74, 6) is 0. The number of hydrogen-bond donors (Lipinski definition) is 1. The van der Waals surface area contributed by atoms with Crippen LogP contribution in [0.4, 0.5) is 4.39 Å². The first kappa shape index (κ1) is 9.66. The Bertz CT molecular complexity index is 314. The standard InChI is InChI=1S/C12H16FN/c1-9(14-2)10-3-5-11(6-4-10)12(13)7-8-12/h3-6,9,14H,7-8H2,1-2H3. The third kappa shape index (κ3) is 1.67. The summed E-state index contributed by atoms with van der Waals surface area (Å²) in [4.78, 5) is 0. The van der Waals surface area contributed by atoms with Crippen LogP contribution in [0.25, 0.3) is 0 Å². The van der Waals surface area contributed by atoms with E-state index in [-0.39, 0.29) is 0 Å². The van der Waals surface area contributed by atoms with Gasteiger partial charge in [-0.05, 0) is 37.9 Å². The topological polar surface area (TPSA) is 12.0 Å². The van der Waals surface area contributed by atoms with E-state index in [4.69, 9.17) is 0 Å². The van der Waals surface area contributed by atoms with Crippen LogP contribution in [0.3, 0.4) is 0 Å². The molecule has 0 bridgehead atoms. The van der Waals surface area contributed by atoms with E-state index in [1.807, 2.05) is 31.3 Å². The van der Waals surface area contributed by atoms with Gasteiger partial charge in [-0.1, -0.05) is 24.3 Å². The van der Waals surface area contributed by atoms with Gasteiger partial charge in [0.2, 0.25) is 0 Å². The predicted molar refractivity (Wildman–Crippen MR) is 55.9 cm³/mol. The highest BCUT2D eigenvalue weighted by Crippen LogP contribution is 2.49. The van der Waals surface area contributed by atoms with Crippen molar-refractivity contribution in [1.29, 1.82) is 0 Å².